The van der Waals surface area contributed by atoms with E-state index in [1.807, 2.05) is 0 Å². The number of rotatable bonds is 7. The Bertz CT molecular complexity index is 1260. The lowest BCUT2D eigenvalue weighted by atomic mass is 9.85. The van der Waals surface area contributed by atoms with E-state index < -0.39 is 10.0 Å². The van der Waals surface area contributed by atoms with Crippen LogP contribution in [0.25, 0.3) is 11.4 Å². The van der Waals surface area contributed by atoms with Gasteiger partial charge in [0.05, 0.1) is 0 Å². The van der Waals surface area contributed by atoms with Crippen LogP contribution in [0.15, 0.2) is 44.4 Å². The van der Waals surface area contributed by atoms with Crippen LogP contribution in [-0.2, 0) is 21.4 Å². The van der Waals surface area contributed by atoms with Crippen molar-refractivity contribution < 1.29 is 22.1 Å². The van der Waals surface area contributed by atoms with E-state index in [1.165, 1.54) is 16.4 Å². The zero-order chi connectivity index (χ0) is 23.7. The first-order valence-electron chi connectivity index (χ1n) is 11.3. The zero-order valence-corrected chi connectivity index (χ0v) is 20.1. The van der Waals surface area contributed by atoms with Crippen molar-refractivity contribution in [2.45, 2.75) is 48.8 Å². The monoisotopic (exact) mass is 504 g/mol. The average molecular weight is 505 g/mol. The Balaban J connectivity index is 1.17. The Morgan fingerprint density at radius 2 is 1.91 bits per heavy atom. The molecular formula is C23H25FN4O4S2. The van der Waals surface area contributed by atoms with E-state index in [0.717, 1.165) is 36.2 Å². The first-order valence-corrected chi connectivity index (χ1v) is 13.7. The van der Waals surface area contributed by atoms with E-state index >= 15 is 0 Å². The molecule has 1 saturated carbocycles. The number of benzene rings is 1. The smallest absolute Gasteiger partial charge is 0.252 e. The van der Waals surface area contributed by atoms with E-state index in [2.05, 4.69) is 15.5 Å². The molecule has 0 unspecified atom stereocenters. The highest BCUT2D eigenvalue weighted by atomic mass is 32.2. The second-order valence-corrected chi connectivity index (χ2v) is 11.8. The van der Waals surface area contributed by atoms with Crippen LogP contribution in [0.5, 0.6) is 0 Å². The number of piperidine rings is 1. The van der Waals surface area contributed by atoms with Gasteiger partial charge >= 0.3 is 0 Å². The minimum Gasteiger partial charge on any atom is -0.352 e. The van der Waals surface area contributed by atoms with Gasteiger partial charge in [0, 0.05) is 42.4 Å². The van der Waals surface area contributed by atoms with Crippen LogP contribution in [0.4, 0.5) is 4.39 Å². The van der Waals surface area contributed by atoms with Crippen molar-refractivity contribution in [2.24, 2.45) is 5.92 Å². The van der Waals surface area contributed by atoms with Crippen molar-refractivity contribution in [3.63, 3.8) is 0 Å². The lowest BCUT2D eigenvalue weighted by Crippen LogP contribution is -2.42. The molecule has 1 amide bonds. The van der Waals surface area contributed by atoms with Gasteiger partial charge in [-0.25, -0.2) is 12.8 Å². The van der Waals surface area contributed by atoms with Crippen molar-refractivity contribution in [1.82, 2.24) is 19.8 Å². The molecule has 2 fully saturated rings. The number of hydrogen-bond donors (Lipinski definition) is 1. The van der Waals surface area contributed by atoms with Crippen LogP contribution in [0.2, 0.25) is 0 Å². The lowest BCUT2D eigenvalue weighted by molar-refractivity contribution is -0.126. The number of carbonyl (C=O) groups excluding carboxylic acids is 1. The van der Waals surface area contributed by atoms with Gasteiger partial charge in [-0.2, -0.15) is 9.29 Å². The maximum atomic E-state index is 13.2. The first kappa shape index (κ1) is 23.1. The largest absolute Gasteiger partial charge is 0.352 e. The molecule has 1 aromatic carbocycles. The predicted molar refractivity (Wildman–Crippen MR) is 124 cm³/mol. The van der Waals surface area contributed by atoms with Crippen LogP contribution < -0.4 is 5.32 Å². The van der Waals surface area contributed by atoms with Crippen molar-refractivity contribution in [3.8, 4) is 11.4 Å². The number of aromatic nitrogens is 2. The highest BCUT2D eigenvalue weighted by Gasteiger charge is 2.33. The van der Waals surface area contributed by atoms with Crippen LogP contribution in [0.3, 0.4) is 0 Å². The van der Waals surface area contributed by atoms with Gasteiger partial charge in [0.25, 0.3) is 10.0 Å². The van der Waals surface area contributed by atoms with E-state index in [4.69, 9.17) is 4.52 Å². The van der Waals surface area contributed by atoms with Crippen LogP contribution in [-0.4, -0.2) is 41.9 Å². The number of hydrogen-bond acceptors (Lipinski definition) is 7. The summed E-state index contributed by atoms with van der Waals surface area (Å²) in [5.41, 5.74) is 1.44. The third kappa shape index (κ3) is 4.77. The molecule has 0 spiro atoms. The second kappa shape index (κ2) is 9.55. The molecule has 3 aromatic rings. The normalized spacial score (nSPS) is 18.0. The topological polar surface area (TPSA) is 105 Å². The quantitative estimate of drug-likeness (QED) is 0.523. The van der Waals surface area contributed by atoms with Crippen LogP contribution in [0.1, 0.15) is 49.5 Å². The number of carbonyl (C=O) groups is 1. The van der Waals surface area contributed by atoms with Gasteiger partial charge in [-0.1, -0.05) is 23.7 Å². The summed E-state index contributed by atoms with van der Waals surface area (Å²) in [5, 5.41) is 8.62. The Kier molecular flexibility index (Phi) is 6.50. The van der Waals surface area contributed by atoms with Crippen LogP contribution >= 0.6 is 11.3 Å². The summed E-state index contributed by atoms with van der Waals surface area (Å²) in [6, 6.07) is 7.56. The molecule has 3 heterocycles. The number of thiophene rings is 1. The molecule has 0 atom stereocenters. The Morgan fingerprint density at radius 3 is 2.59 bits per heavy atom. The molecule has 1 aliphatic heterocycles. The summed E-state index contributed by atoms with van der Waals surface area (Å²) in [6.07, 6.45) is 4.15. The number of nitrogens with one attached hydrogen (secondary N) is 1. The third-order valence-electron chi connectivity index (χ3n) is 6.53. The van der Waals surface area contributed by atoms with Gasteiger partial charge in [-0.3, -0.25) is 4.79 Å². The summed E-state index contributed by atoms with van der Waals surface area (Å²) < 4.78 is 46.3. The fourth-order valence-corrected chi connectivity index (χ4v) is 6.94. The molecule has 1 saturated heterocycles. The first-order chi connectivity index (χ1) is 16.4. The minimum absolute atomic E-state index is 0.112. The average Bonchev–Trinajstić information content (AvgIpc) is 3.48. The Labute approximate surface area is 201 Å². The maximum Gasteiger partial charge on any atom is 0.252 e. The van der Waals surface area contributed by atoms with Gasteiger partial charge in [0.2, 0.25) is 17.6 Å². The fourth-order valence-electron chi connectivity index (χ4n) is 4.16. The summed E-state index contributed by atoms with van der Waals surface area (Å²) >= 11 is 1.14. The van der Waals surface area contributed by atoms with Gasteiger partial charge in [-0.15, -0.1) is 11.3 Å². The Morgan fingerprint density at radius 1 is 1.18 bits per heavy atom. The zero-order valence-electron chi connectivity index (χ0n) is 18.4. The molecule has 180 valence electrons. The van der Waals surface area contributed by atoms with E-state index in [1.54, 1.807) is 23.6 Å². The highest BCUT2D eigenvalue weighted by Crippen LogP contribution is 2.37. The molecule has 11 heteroatoms. The molecule has 0 radical (unpaired) electrons. The lowest BCUT2D eigenvalue weighted by Gasteiger charge is -2.30. The number of sulfonamides is 1. The maximum absolute atomic E-state index is 13.2. The van der Waals surface area contributed by atoms with E-state index in [0.29, 0.717) is 42.6 Å². The van der Waals surface area contributed by atoms with Crippen molar-refractivity contribution >= 4 is 27.3 Å². The minimum atomic E-state index is -3.66. The number of halogens is 1. The summed E-state index contributed by atoms with van der Waals surface area (Å²) in [6.45, 7) is 0.866. The molecule has 0 bridgehead atoms. The second-order valence-electron chi connectivity index (χ2n) is 8.76. The summed E-state index contributed by atoms with van der Waals surface area (Å²) in [5.74, 6) is 0.663. The number of amides is 1. The molecule has 5 rings (SSSR count). The fraction of sp³-hybridized carbons (Fsp3) is 0.435. The molecule has 1 aliphatic carbocycles. The van der Waals surface area contributed by atoms with Gasteiger partial charge < -0.3 is 9.84 Å². The molecule has 2 aliphatic rings. The molecular weight excluding hydrogens is 479 g/mol. The molecule has 2 aromatic heterocycles. The molecule has 34 heavy (non-hydrogen) atoms. The van der Waals surface area contributed by atoms with Crippen molar-refractivity contribution in [2.75, 3.05) is 13.1 Å². The SMILES string of the molecule is O=C(NCc1ccc(F)cc1)C1CCN(S(=O)(=O)c2cc(-c3noc(C4CCC4)n3)cs2)CC1. The predicted octanol–water partition coefficient (Wildman–Crippen LogP) is 3.92. The molecule has 1 N–H and O–H groups in total. The highest BCUT2D eigenvalue weighted by molar-refractivity contribution is 7.91. The van der Waals surface area contributed by atoms with E-state index in [-0.39, 0.29) is 34.9 Å². The summed E-state index contributed by atoms with van der Waals surface area (Å²) in [7, 11) is -3.66. The van der Waals surface area contributed by atoms with Gasteiger partial charge in [0.15, 0.2) is 0 Å². The van der Waals surface area contributed by atoms with Gasteiger partial charge in [0.1, 0.15) is 10.0 Å². The van der Waals surface area contributed by atoms with Crippen molar-refractivity contribution in [1.29, 1.82) is 0 Å². The molecule has 8 nitrogen and oxygen atoms in total. The van der Waals surface area contributed by atoms with Crippen molar-refractivity contribution in [3.05, 3.63) is 53.0 Å². The Hall–Kier alpha value is -2.63. The summed E-state index contributed by atoms with van der Waals surface area (Å²) in [4.78, 5) is 17.0. The van der Waals surface area contributed by atoms with Gasteiger partial charge in [-0.05, 0) is 49.4 Å². The third-order valence-corrected chi connectivity index (χ3v) is 9.84. The van der Waals surface area contributed by atoms with E-state index in [9.17, 15) is 17.6 Å². The van der Waals surface area contributed by atoms with Crippen LogP contribution in [0, 0.1) is 11.7 Å². The standard InChI is InChI=1S/C23H25FN4O4S2/c24-19-6-4-15(5-7-19)13-25-22(29)16-8-10-28(11-9-16)34(30,31)20-12-18(14-33-20)21-26-23(32-27-21)17-2-1-3-17/h4-7,12,14,16-17H,1-3,8-11,13H2,(H,25,29). The number of nitrogens with zero attached hydrogens (tertiary/aromatic N) is 3.